The highest BCUT2D eigenvalue weighted by Crippen LogP contribution is 2.17. The highest BCUT2D eigenvalue weighted by Gasteiger charge is 2.38. The van der Waals surface area contributed by atoms with E-state index in [4.69, 9.17) is 9.47 Å². The van der Waals surface area contributed by atoms with Crippen LogP contribution < -0.4 is 4.72 Å². The van der Waals surface area contributed by atoms with Crippen LogP contribution >= 0.6 is 0 Å². The van der Waals surface area contributed by atoms with Crippen molar-refractivity contribution < 1.29 is 27.5 Å². The van der Waals surface area contributed by atoms with E-state index in [-0.39, 0.29) is 24.5 Å². The first kappa shape index (κ1) is 21.1. The van der Waals surface area contributed by atoms with Gasteiger partial charge in [-0.05, 0) is 39.3 Å². The van der Waals surface area contributed by atoms with Gasteiger partial charge in [-0.15, -0.1) is 0 Å². The van der Waals surface area contributed by atoms with Gasteiger partial charge >= 0.3 is 11.9 Å². The molecule has 0 heterocycles. The molecule has 1 atom stereocenters. The lowest BCUT2D eigenvalue weighted by Gasteiger charge is -2.24. The van der Waals surface area contributed by atoms with Crippen molar-refractivity contribution in [2.24, 2.45) is 5.92 Å². The Bertz CT molecular complexity index is 666. The van der Waals surface area contributed by atoms with Gasteiger partial charge in [-0.1, -0.05) is 24.6 Å². The van der Waals surface area contributed by atoms with E-state index in [2.05, 4.69) is 4.72 Å². The minimum absolute atomic E-state index is 0.0583. The van der Waals surface area contributed by atoms with E-state index >= 15 is 0 Å². The zero-order valence-electron chi connectivity index (χ0n) is 14.9. The van der Waals surface area contributed by atoms with Crippen molar-refractivity contribution >= 4 is 22.0 Å². The van der Waals surface area contributed by atoms with Crippen LogP contribution in [0.15, 0.2) is 29.2 Å². The number of hydrogen-bond donors (Lipinski definition) is 1. The fourth-order valence-electron chi connectivity index (χ4n) is 2.26. The molecule has 1 unspecified atom stereocenters. The lowest BCUT2D eigenvalue weighted by Crippen LogP contribution is -2.47. The van der Waals surface area contributed by atoms with E-state index in [0.717, 1.165) is 5.56 Å². The van der Waals surface area contributed by atoms with Gasteiger partial charge in [-0.2, -0.15) is 0 Å². The number of rotatable bonds is 9. The zero-order valence-corrected chi connectivity index (χ0v) is 15.8. The Labute approximate surface area is 148 Å². The Morgan fingerprint density at radius 3 is 1.88 bits per heavy atom. The summed E-state index contributed by atoms with van der Waals surface area (Å²) in [4.78, 5) is 24.4. The maximum atomic E-state index is 12.6. The largest absolute Gasteiger partial charge is 0.465 e. The average Bonchev–Trinajstić information content (AvgIpc) is 2.55. The lowest BCUT2D eigenvalue weighted by atomic mass is 9.98. The Morgan fingerprint density at radius 2 is 1.48 bits per heavy atom. The summed E-state index contributed by atoms with van der Waals surface area (Å²) in [5.74, 6) is -2.97. The molecule has 0 aliphatic carbocycles. The second-order valence-electron chi connectivity index (χ2n) is 5.43. The molecule has 0 aromatic heterocycles. The molecule has 8 heteroatoms. The van der Waals surface area contributed by atoms with Gasteiger partial charge in [0.2, 0.25) is 10.0 Å². The van der Waals surface area contributed by atoms with E-state index in [1.807, 2.05) is 6.92 Å². The molecule has 0 amide bonds. The van der Waals surface area contributed by atoms with Crippen molar-refractivity contribution in [3.8, 4) is 0 Å². The number of carbonyl (C=O) groups is 2. The number of carbonyl (C=O) groups excluding carboxylic acids is 2. The Kier molecular flexibility index (Phi) is 8.05. The van der Waals surface area contributed by atoms with Gasteiger partial charge in [0.05, 0.1) is 18.1 Å². The van der Waals surface area contributed by atoms with Crippen molar-refractivity contribution in [2.45, 2.75) is 45.1 Å². The summed E-state index contributed by atoms with van der Waals surface area (Å²) < 4.78 is 37.4. The third-order valence-electron chi connectivity index (χ3n) is 3.56. The molecule has 0 aliphatic heterocycles. The number of benzene rings is 1. The Morgan fingerprint density at radius 1 is 1.00 bits per heavy atom. The van der Waals surface area contributed by atoms with Gasteiger partial charge in [-0.3, -0.25) is 9.59 Å². The third kappa shape index (κ3) is 5.82. The molecule has 0 aliphatic rings. The molecule has 25 heavy (non-hydrogen) atoms. The van der Waals surface area contributed by atoms with Crippen LogP contribution in [0.5, 0.6) is 0 Å². The summed E-state index contributed by atoms with van der Waals surface area (Å²) in [7, 11) is -3.90. The summed E-state index contributed by atoms with van der Waals surface area (Å²) in [5, 5.41) is 0. The summed E-state index contributed by atoms with van der Waals surface area (Å²) in [6.45, 7) is 6.89. The summed E-state index contributed by atoms with van der Waals surface area (Å²) >= 11 is 0. The molecule has 0 spiro atoms. The summed E-state index contributed by atoms with van der Waals surface area (Å²) in [6.07, 6.45) is 0.216. The molecule has 0 saturated heterocycles. The first-order valence-electron chi connectivity index (χ1n) is 8.19. The fourth-order valence-corrected chi connectivity index (χ4v) is 3.59. The molecule has 1 N–H and O–H groups in total. The van der Waals surface area contributed by atoms with E-state index < -0.39 is 33.9 Å². The van der Waals surface area contributed by atoms with Crippen LogP contribution in [0, 0.1) is 12.8 Å². The Balaban J connectivity index is 3.11. The minimum atomic E-state index is -3.90. The normalized spacial score (nSPS) is 12.7. The first-order chi connectivity index (χ1) is 11.8. The van der Waals surface area contributed by atoms with Crippen LogP contribution in [-0.4, -0.2) is 39.6 Å². The molecule has 140 valence electrons. The Hall–Kier alpha value is -1.93. The predicted molar refractivity (Wildman–Crippen MR) is 92.3 cm³/mol. The number of ether oxygens (including phenoxy) is 2. The number of nitrogens with one attached hydrogen (secondary N) is 1. The van der Waals surface area contributed by atoms with E-state index in [9.17, 15) is 18.0 Å². The van der Waals surface area contributed by atoms with E-state index in [1.165, 1.54) is 12.1 Å². The van der Waals surface area contributed by atoms with Crippen LogP contribution in [0.2, 0.25) is 0 Å². The number of hydrogen-bond acceptors (Lipinski definition) is 6. The molecule has 7 nitrogen and oxygen atoms in total. The van der Waals surface area contributed by atoms with Crippen molar-refractivity contribution in [1.29, 1.82) is 0 Å². The van der Waals surface area contributed by atoms with Crippen molar-refractivity contribution in [1.82, 2.24) is 4.72 Å². The quantitative estimate of drug-likeness (QED) is 0.525. The van der Waals surface area contributed by atoms with Crippen LogP contribution in [0.3, 0.4) is 0 Å². The van der Waals surface area contributed by atoms with Gasteiger partial charge < -0.3 is 9.47 Å². The molecule has 1 rings (SSSR count). The molecule has 1 aromatic carbocycles. The predicted octanol–water partition coefficient (Wildman–Crippen LogP) is 1.79. The second kappa shape index (κ2) is 9.53. The number of sulfonamides is 1. The third-order valence-corrected chi connectivity index (χ3v) is 5.07. The lowest BCUT2D eigenvalue weighted by molar-refractivity contribution is -0.162. The van der Waals surface area contributed by atoms with Gasteiger partial charge in [0.25, 0.3) is 0 Å². The molecule has 1 aromatic rings. The van der Waals surface area contributed by atoms with E-state index in [0.29, 0.717) is 0 Å². The molecule has 0 saturated carbocycles. The van der Waals surface area contributed by atoms with Crippen molar-refractivity contribution in [2.75, 3.05) is 13.2 Å². The summed E-state index contributed by atoms with van der Waals surface area (Å²) in [5.41, 5.74) is 0.918. The monoisotopic (exact) mass is 371 g/mol. The SMILES string of the molecule is CCOC(=O)C(C(=O)OCC)C(CC)NS(=O)(=O)c1ccc(C)cc1. The first-order valence-corrected chi connectivity index (χ1v) is 9.67. The standard InChI is InChI=1S/C17H25NO6S/c1-5-14(15(16(19)23-6-2)17(20)24-7-3)18-25(21,22)13-10-8-12(4)9-11-13/h8-11,14-15,18H,5-7H2,1-4H3. The van der Waals surface area contributed by atoms with Gasteiger partial charge in [0.15, 0.2) is 5.92 Å². The van der Waals surface area contributed by atoms with E-state index in [1.54, 1.807) is 32.9 Å². The molecular formula is C17H25NO6S. The number of aryl methyl sites for hydroxylation is 1. The van der Waals surface area contributed by atoms with Crippen LogP contribution in [0.4, 0.5) is 0 Å². The fraction of sp³-hybridized carbons (Fsp3) is 0.529. The number of esters is 2. The maximum absolute atomic E-state index is 12.6. The van der Waals surface area contributed by atoms with Gasteiger partial charge in [0.1, 0.15) is 0 Å². The highest BCUT2D eigenvalue weighted by molar-refractivity contribution is 7.89. The second-order valence-corrected chi connectivity index (χ2v) is 7.14. The minimum Gasteiger partial charge on any atom is -0.465 e. The maximum Gasteiger partial charge on any atom is 0.321 e. The molecule has 0 bridgehead atoms. The van der Waals surface area contributed by atoms with Crippen LogP contribution in [0.1, 0.15) is 32.8 Å². The van der Waals surface area contributed by atoms with Crippen molar-refractivity contribution in [3.05, 3.63) is 29.8 Å². The average molecular weight is 371 g/mol. The van der Waals surface area contributed by atoms with Gasteiger partial charge in [0, 0.05) is 6.04 Å². The topological polar surface area (TPSA) is 98.8 Å². The smallest absolute Gasteiger partial charge is 0.321 e. The van der Waals surface area contributed by atoms with Crippen LogP contribution in [-0.2, 0) is 29.1 Å². The van der Waals surface area contributed by atoms with Crippen LogP contribution in [0.25, 0.3) is 0 Å². The summed E-state index contributed by atoms with van der Waals surface area (Å²) in [6, 6.07) is 5.31. The molecule has 0 fully saturated rings. The highest BCUT2D eigenvalue weighted by atomic mass is 32.2. The molecule has 0 radical (unpaired) electrons. The van der Waals surface area contributed by atoms with Crippen molar-refractivity contribution in [3.63, 3.8) is 0 Å². The van der Waals surface area contributed by atoms with Gasteiger partial charge in [-0.25, -0.2) is 13.1 Å². The molecular weight excluding hydrogens is 346 g/mol. The zero-order chi connectivity index (χ0) is 19.0.